The van der Waals surface area contributed by atoms with Gasteiger partial charge in [0, 0.05) is 32.4 Å². The van der Waals surface area contributed by atoms with Gasteiger partial charge in [-0.3, -0.25) is 0 Å². The topological polar surface area (TPSA) is 60.0 Å². The Balaban J connectivity index is 2.04. The predicted molar refractivity (Wildman–Crippen MR) is 67.9 cm³/mol. The first-order chi connectivity index (χ1) is 8.25. The molecule has 0 radical (unpaired) electrons. The molecule has 1 aliphatic rings. The Labute approximate surface area is 100 Å². The number of rotatable bonds is 1. The van der Waals surface area contributed by atoms with E-state index in [1.165, 1.54) is 0 Å². The van der Waals surface area contributed by atoms with Gasteiger partial charge in [0.05, 0.1) is 11.8 Å². The molecule has 0 bridgehead atoms. The number of hydrogen-bond donors (Lipinski definition) is 1. The van der Waals surface area contributed by atoms with Crippen LogP contribution in [0.25, 0.3) is 11.0 Å². The number of pyridine rings is 1. The van der Waals surface area contributed by atoms with Crippen LogP contribution in [0.15, 0.2) is 18.6 Å². The summed E-state index contributed by atoms with van der Waals surface area (Å²) in [5.41, 5.74) is 8.11. The Bertz CT molecular complexity index is 533. The standard InChI is InChI=1S/C12H17N5/c1-16-8-15-11-10(16)4-5-14-12(11)17-6-2-3-9(13)7-17/h4-5,8-9H,2-3,6-7,13H2,1H3. The zero-order valence-electron chi connectivity index (χ0n) is 10.0. The van der Waals surface area contributed by atoms with Crippen molar-refractivity contribution in [3.05, 3.63) is 18.6 Å². The molecule has 17 heavy (non-hydrogen) atoms. The van der Waals surface area contributed by atoms with E-state index in [4.69, 9.17) is 5.73 Å². The maximum Gasteiger partial charge on any atom is 0.156 e. The van der Waals surface area contributed by atoms with Crippen LogP contribution in [0.4, 0.5) is 5.82 Å². The first kappa shape index (κ1) is 10.5. The Morgan fingerprint density at radius 1 is 1.41 bits per heavy atom. The van der Waals surface area contributed by atoms with Crippen molar-refractivity contribution in [1.82, 2.24) is 14.5 Å². The van der Waals surface area contributed by atoms with E-state index in [1.807, 2.05) is 30.2 Å². The third-order valence-electron chi connectivity index (χ3n) is 3.38. The van der Waals surface area contributed by atoms with Crippen LogP contribution in [0.1, 0.15) is 12.8 Å². The maximum atomic E-state index is 6.02. The van der Waals surface area contributed by atoms with Crippen molar-refractivity contribution < 1.29 is 0 Å². The van der Waals surface area contributed by atoms with Crippen LogP contribution in [-0.4, -0.2) is 33.7 Å². The highest BCUT2D eigenvalue weighted by Crippen LogP contribution is 2.24. The van der Waals surface area contributed by atoms with E-state index >= 15 is 0 Å². The molecule has 0 aromatic carbocycles. The van der Waals surface area contributed by atoms with E-state index in [2.05, 4.69) is 14.9 Å². The summed E-state index contributed by atoms with van der Waals surface area (Å²) in [5.74, 6) is 0.971. The maximum absolute atomic E-state index is 6.02. The van der Waals surface area contributed by atoms with E-state index in [9.17, 15) is 0 Å². The van der Waals surface area contributed by atoms with Crippen LogP contribution in [0.3, 0.4) is 0 Å². The molecule has 2 aromatic rings. The molecule has 5 heteroatoms. The Morgan fingerprint density at radius 2 is 2.29 bits per heavy atom. The summed E-state index contributed by atoms with van der Waals surface area (Å²) >= 11 is 0. The number of aryl methyl sites for hydroxylation is 1. The summed E-state index contributed by atoms with van der Waals surface area (Å²) in [7, 11) is 2.00. The van der Waals surface area contributed by atoms with Gasteiger partial charge in [-0.25, -0.2) is 9.97 Å². The molecule has 2 aromatic heterocycles. The molecule has 0 spiro atoms. The fourth-order valence-corrected chi connectivity index (χ4v) is 2.48. The van der Waals surface area contributed by atoms with Gasteiger partial charge >= 0.3 is 0 Å². The van der Waals surface area contributed by atoms with Crippen molar-refractivity contribution in [1.29, 1.82) is 0 Å². The van der Waals surface area contributed by atoms with Crippen LogP contribution in [0.2, 0.25) is 0 Å². The number of nitrogens with two attached hydrogens (primary N) is 1. The van der Waals surface area contributed by atoms with Gasteiger partial charge in [-0.05, 0) is 18.9 Å². The molecule has 3 rings (SSSR count). The lowest BCUT2D eigenvalue weighted by atomic mass is 10.1. The number of imidazole rings is 1. The first-order valence-electron chi connectivity index (χ1n) is 6.02. The third-order valence-corrected chi connectivity index (χ3v) is 3.38. The Kier molecular flexibility index (Phi) is 2.48. The average Bonchev–Trinajstić information content (AvgIpc) is 2.71. The molecular weight excluding hydrogens is 214 g/mol. The van der Waals surface area contributed by atoms with E-state index in [0.29, 0.717) is 0 Å². The first-order valence-corrected chi connectivity index (χ1v) is 6.02. The number of piperidine rings is 1. The lowest BCUT2D eigenvalue weighted by molar-refractivity contribution is 0.504. The quantitative estimate of drug-likeness (QED) is 0.792. The molecule has 1 atom stereocenters. The van der Waals surface area contributed by atoms with Crippen LogP contribution in [0, 0.1) is 0 Å². The molecule has 1 saturated heterocycles. The Morgan fingerprint density at radius 3 is 3.12 bits per heavy atom. The molecular formula is C12H17N5. The normalized spacial score (nSPS) is 21.1. The molecule has 0 aliphatic carbocycles. The van der Waals surface area contributed by atoms with Crippen LogP contribution in [0.5, 0.6) is 0 Å². The average molecular weight is 231 g/mol. The van der Waals surface area contributed by atoms with Gasteiger partial charge in [0.2, 0.25) is 0 Å². The van der Waals surface area contributed by atoms with Gasteiger partial charge in [-0.15, -0.1) is 0 Å². The van der Waals surface area contributed by atoms with Crippen molar-refractivity contribution in [2.75, 3.05) is 18.0 Å². The molecule has 1 fully saturated rings. The highest BCUT2D eigenvalue weighted by atomic mass is 15.2. The number of aromatic nitrogens is 3. The largest absolute Gasteiger partial charge is 0.353 e. The SMILES string of the molecule is Cn1cnc2c(N3CCCC(N)C3)nccc21. The van der Waals surface area contributed by atoms with Gasteiger partial charge in [-0.1, -0.05) is 0 Å². The Hall–Kier alpha value is -1.62. The second-order valence-corrected chi connectivity index (χ2v) is 4.71. The molecule has 3 heterocycles. The molecule has 0 amide bonds. The van der Waals surface area contributed by atoms with E-state index in [-0.39, 0.29) is 6.04 Å². The van der Waals surface area contributed by atoms with Gasteiger partial charge in [0.1, 0.15) is 5.52 Å². The molecule has 0 saturated carbocycles. The van der Waals surface area contributed by atoms with Crippen molar-refractivity contribution >= 4 is 16.9 Å². The van der Waals surface area contributed by atoms with Crippen LogP contribution >= 0.6 is 0 Å². The lowest BCUT2D eigenvalue weighted by Crippen LogP contribution is -2.43. The monoisotopic (exact) mass is 231 g/mol. The molecule has 5 nitrogen and oxygen atoms in total. The number of nitrogens with zero attached hydrogens (tertiary/aromatic N) is 4. The second-order valence-electron chi connectivity index (χ2n) is 4.71. The zero-order chi connectivity index (χ0) is 11.8. The summed E-state index contributed by atoms with van der Waals surface area (Å²) < 4.78 is 2.02. The van der Waals surface area contributed by atoms with Crippen molar-refractivity contribution in [3.63, 3.8) is 0 Å². The highest BCUT2D eigenvalue weighted by molar-refractivity contribution is 5.86. The lowest BCUT2D eigenvalue weighted by Gasteiger charge is -2.31. The van der Waals surface area contributed by atoms with Gasteiger partial charge < -0.3 is 15.2 Å². The van der Waals surface area contributed by atoms with Crippen molar-refractivity contribution in [2.45, 2.75) is 18.9 Å². The minimum absolute atomic E-state index is 0.254. The summed E-state index contributed by atoms with van der Waals surface area (Å²) in [4.78, 5) is 11.2. The number of hydrogen-bond acceptors (Lipinski definition) is 4. The second kappa shape index (κ2) is 4.00. The van der Waals surface area contributed by atoms with E-state index < -0.39 is 0 Å². The van der Waals surface area contributed by atoms with Gasteiger partial charge in [0.15, 0.2) is 5.82 Å². The minimum Gasteiger partial charge on any atom is -0.353 e. The fraction of sp³-hybridized carbons (Fsp3) is 0.500. The summed E-state index contributed by atoms with van der Waals surface area (Å²) in [6.45, 7) is 1.90. The van der Waals surface area contributed by atoms with Crippen LogP contribution in [-0.2, 0) is 7.05 Å². The summed E-state index contributed by atoms with van der Waals surface area (Å²) in [6.07, 6.45) is 5.92. The van der Waals surface area contributed by atoms with Gasteiger partial charge in [0.25, 0.3) is 0 Å². The molecule has 2 N–H and O–H groups in total. The number of anilines is 1. The number of fused-ring (bicyclic) bond motifs is 1. The third kappa shape index (κ3) is 1.76. The smallest absolute Gasteiger partial charge is 0.156 e. The van der Waals surface area contributed by atoms with E-state index in [0.717, 1.165) is 42.8 Å². The predicted octanol–water partition coefficient (Wildman–Crippen LogP) is 0.896. The summed E-state index contributed by atoms with van der Waals surface area (Å²) in [5, 5.41) is 0. The van der Waals surface area contributed by atoms with Crippen LogP contribution < -0.4 is 10.6 Å². The zero-order valence-corrected chi connectivity index (χ0v) is 10.0. The van der Waals surface area contributed by atoms with Gasteiger partial charge in [-0.2, -0.15) is 0 Å². The van der Waals surface area contributed by atoms with Crippen molar-refractivity contribution in [3.8, 4) is 0 Å². The summed E-state index contributed by atoms with van der Waals surface area (Å²) in [6, 6.07) is 2.25. The molecule has 1 aliphatic heterocycles. The van der Waals surface area contributed by atoms with E-state index in [1.54, 1.807) is 0 Å². The highest BCUT2D eigenvalue weighted by Gasteiger charge is 2.20. The molecule has 1 unspecified atom stereocenters. The minimum atomic E-state index is 0.254. The fourth-order valence-electron chi connectivity index (χ4n) is 2.48. The van der Waals surface area contributed by atoms with Crippen molar-refractivity contribution in [2.24, 2.45) is 12.8 Å². The molecule has 90 valence electrons.